The summed E-state index contributed by atoms with van der Waals surface area (Å²) in [5.74, 6) is 0. The van der Waals surface area contributed by atoms with Gasteiger partial charge in [0.15, 0.2) is 0 Å². The lowest BCUT2D eigenvalue weighted by Crippen LogP contribution is -2.21. The van der Waals surface area contributed by atoms with Crippen molar-refractivity contribution in [3.8, 4) is 0 Å². The van der Waals surface area contributed by atoms with E-state index in [-0.39, 0.29) is 6.10 Å². The highest BCUT2D eigenvalue weighted by Gasteiger charge is 2.18. The van der Waals surface area contributed by atoms with E-state index >= 15 is 0 Å². The molecule has 0 aliphatic heterocycles. The fourth-order valence-electron chi connectivity index (χ4n) is 2.05. The van der Waals surface area contributed by atoms with Crippen LogP contribution < -0.4 is 0 Å². The minimum absolute atomic E-state index is 0.200. The Hall–Kier alpha value is -0.770. The van der Waals surface area contributed by atoms with Gasteiger partial charge in [0, 0.05) is 10.0 Å². The maximum Gasteiger partial charge on any atom is 0.0735 e. The number of hydrogen-bond donors (Lipinski definition) is 1. The normalized spacial score (nSPS) is 19.9. The molecule has 1 saturated carbocycles. The zero-order valence-corrected chi connectivity index (χ0v) is 11.4. The molecule has 1 aromatic rings. The molecule has 0 atom stereocenters. The van der Waals surface area contributed by atoms with Crippen LogP contribution in [0.5, 0.6) is 0 Å². The van der Waals surface area contributed by atoms with Crippen LogP contribution in [0.2, 0.25) is 10.0 Å². The third-order valence-corrected chi connectivity index (χ3v) is 3.74. The number of halogens is 2. The Balaban J connectivity index is 1.87. The first kappa shape index (κ1) is 13.7. The Bertz CT molecular complexity index is 439. The average Bonchev–Trinajstić information content (AvgIpc) is 2.40. The van der Waals surface area contributed by atoms with Crippen molar-refractivity contribution in [1.29, 1.82) is 0 Å². The molecule has 1 aromatic carbocycles. The lowest BCUT2D eigenvalue weighted by atomic mass is 9.96. The highest BCUT2D eigenvalue weighted by molar-refractivity contribution is 6.33. The molecular weight excluding hydrogens is 273 g/mol. The summed E-state index contributed by atoms with van der Waals surface area (Å²) in [6.45, 7) is 0.468. The molecule has 98 valence electrons. The molecule has 1 fully saturated rings. The summed E-state index contributed by atoms with van der Waals surface area (Å²) < 4.78 is 5.82. The Morgan fingerprint density at radius 2 is 2.00 bits per heavy atom. The van der Waals surface area contributed by atoms with Crippen molar-refractivity contribution in [3.05, 3.63) is 33.8 Å². The Morgan fingerprint density at radius 1 is 1.28 bits per heavy atom. The van der Waals surface area contributed by atoms with Crippen LogP contribution in [0.3, 0.4) is 0 Å². The minimum Gasteiger partial charge on any atom is -0.411 e. The summed E-state index contributed by atoms with van der Waals surface area (Å²) in [6, 6.07) is 5.37. The van der Waals surface area contributed by atoms with E-state index in [1.165, 1.54) is 0 Å². The van der Waals surface area contributed by atoms with E-state index in [0.29, 0.717) is 16.7 Å². The summed E-state index contributed by atoms with van der Waals surface area (Å²) >= 11 is 12.0. The molecule has 5 heteroatoms. The Labute approximate surface area is 116 Å². The standard InChI is InChI=1S/C13H15Cl2NO2/c14-10-1-6-13(15)9(7-10)8-18-12-4-2-11(16-17)3-5-12/h1,6-7,12,17H,2-5,8H2. The largest absolute Gasteiger partial charge is 0.411 e. The van der Waals surface area contributed by atoms with Gasteiger partial charge < -0.3 is 9.94 Å². The van der Waals surface area contributed by atoms with Crippen molar-refractivity contribution < 1.29 is 9.94 Å². The molecular formula is C13H15Cl2NO2. The van der Waals surface area contributed by atoms with E-state index in [1.807, 2.05) is 6.07 Å². The first-order valence-corrected chi connectivity index (χ1v) is 6.70. The lowest BCUT2D eigenvalue weighted by Gasteiger charge is -2.23. The summed E-state index contributed by atoms with van der Waals surface area (Å²) in [4.78, 5) is 0. The smallest absolute Gasteiger partial charge is 0.0735 e. The van der Waals surface area contributed by atoms with E-state index in [2.05, 4.69) is 5.16 Å². The van der Waals surface area contributed by atoms with Gasteiger partial charge in [0.2, 0.25) is 0 Å². The van der Waals surface area contributed by atoms with Crippen molar-refractivity contribution in [2.24, 2.45) is 5.16 Å². The maximum atomic E-state index is 8.67. The summed E-state index contributed by atoms with van der Waals surface area (Å²) in [7, 11) is 0. The zero-order chi connectivity index (χ0) is 13.0. The predicted octanol–water partition coefficient (Wildman–Crippen LogP) is 4.28. The van der Waals surface area contributed by atoms with Crippen LogP contribution in [0.4, 0.5) is 0 Å². The number of benzene rings is 1. The molecule has 0 aromatic heterocycles. The van der Waals surface area contributed by atoms with Gasteiger partial charge >= 0.3 is 0 Å². The van der Waals surface area contributed by atoms with Crippen molar-refractivity contribution in [2.45, 2.75) is 38.4 Å². The SMILES string of the molecule is ON=C1CCC(OCc2cc(Cl)ccc2Cl)CC1. The van der Waals surface area contributed by atoms with Crippen molar-refractivity contribution in [1.82, 2.24) is 0 Å². The second-order valence-electron chi connectivity index (χ2n) is 4.41. The number of nitrogens with zero attached hydrogens (tertiary/aromatic N) is 1. The predicted molar refractivity (Wildman–Crippen MR) is 72.7 cm³/mol. The summed E-state index contributed by atoms with van der Waals surface area (Å²) in [5.41, 5.74) is 1.77. The first-order chi connectivity index (χ1) is 8.69. The van der Waals surface area contributed by atoms with E-state index in [9.17, 15) is 0 Å². The monoisotopic (exact) mass is 287 g/mol. The van der Waals surface area contributed by atoms with Crippen LogP contribution in [0.25, 0.3) is 0 Å². The zero-order valence-electron chi connectivity index (χ0n) is 9.90. The van der Waals surface area contributed by atoms with Gasteiger partial charge in [0.05, 0.1) is 18.4 Å². The quantitative estimate of drug-likeness (QED) is 0.666. The molecule has 0 radical (unpaired) electrons. The maximum absolute atomic E-state index is 8.67. The van der Waals surface area contributed by atoms with Crippen molar-refractivity contribution in [3.63, 3.8) is 0 Å². The second kappa shape index (κ2) is 6.41. The molecule has 2 rings (SSSR count). The van der Waals surface area contributed by atoms with Gasteiger partial charge in [0.25, 0.3) is 0 Å². The number of oxime groups is 1. The van der Waals surface area contributed by atoms with E-state index in [0.717, 1.165) is 37.0 Å². The molecule has 0 spiro atoms. The van der Waals surface area contributed by atoms with Crippen LogP contribution in [0, 0.1) is 0 Å². The minimum atomic E-state index is 0.200. The molecule has 0 unspecified atom stereocenters. The van der Waals surface area contributed by atoms with Gasteiger partial charge in [-0.1, -0.05) is 28.4 Å². The van der Waals surface area contributed by atoms with Gasteiger partial charge in [-0.3, -0.25) is 0 Å². The molecule has 0 bridgehead atoms. The van der Waals surface area contributed by atoms with Gasteiger partial charge in [-0.05, 0) is 49.4 Å². The van der Waals surface area contributed by atoms with Crippen LogP contribution in [-0.2, 0) is 11.3 Å². The van der Waals surface area contributed by atoms with Gasteiger partial charge in [-0.25, -0.2) is 0 Å². The molecule has 0 saturated heterocycles. The molecule has 1 aliphatic rings. The van der Waals surface area contributed by atoms with Gasteiger partial charge in [0.1, 0.15) is 0 Å². The van der Waals surface area contributed by atoms with Gasteiger partial charge in [-0.15, -0.1) is 0 Å². The van der Waals surface area contributed by atoms with E-state index in [4.69, 9.17) is 33.1 Å². The molecule has 0 heterocycles. The van der Waals surface area contributed by atoms with Gasteiger partial charge in [-0.2, -0.15) is 0 Å². The second-order valence-corrected chi connectivity index (χ2v) is 5.26. The average molecular weight is 288 g/mol. The van der Waals surface area contributed by atoms with E-state index < -0.39 is 0 Å². The fraction of sp³-hybridized carbons (Fsp3) is 0.462. The van der Waals surface area contributed by atoms with E-state index in [1.54, 1.807) is 12.1 Å². The fourth-order valence-corrected chi connectivity index (χ4v) is 2.42. The number of hydrogen-bond acceptors (Lipinski definition) is 3. The Kier molecular flexibility index (Phi) is 4.87. The topological polar surface area (TPSA) is 41.8 Å². The molecule has 18 heavy (non-hydrogen) atoms. The van der Waals surface area contributed by atoms with Crippen molar-refractivity contribution in [2.75, 3.05) is 0 Å². The van der Waals surface area contributed by atoms with Crippen LogP contribution in [0.15, 0.2) is 23.4 Å². The first-order valence-electron chi connectivity index (χ1n) is 5.94. The molecule has 0 amide bonds. The summed E-state index contributed by atoms with van der Waals surface area (Å²) in [6.07, 6.45) is 3.56. The highest BCUT2D eigenvalue weighted by Crippen LogP contribution is 2.24. The number of ether oxygens (including phenoxy) is 1. The third kappa shape index (κ3) is 3.61. The molecule has 3 nitrogen and oxygen atoms in total. The van der Waals surface area contributed by atoms with Crippen LogP contribution in [-0.4, -0.2) is 17.0 Å². The lowest BCUT2D eigenvalue weighted by molar-refractivity contribution is 0.0277. The van der Waals surface area contributed by atoms with Crippen LogP contribution >= 0.6 is 23.2 Å². The highest BCUT2D eigenvalue weighted by atomic mass is 35.5. The number of rotatable bonds is 3. The third-order valence-electron chi connectivity index (χ3n) is 3.13. The summed E-state index contributed by atoms with van der Waals surface area (Å²) in [5, 5.41) is 13.3. The molecule has 1 aliphatic carbocycles. The Morgan fingerprint density at radius 3 is 2.67 bits per heavy atom. The van der Waals surface area contributed by atoms with Crippen LogP contribution in [0.1, 0.15) is 31.2 Å². The van der Waals surface area contributed by atoms with Crippen molar-refractivity contribution >= 4 is 28.9 Å². The molecule has 1 N–H and O–H groups in total.